The van der Waals surface area contributed by atoms with Gasteiger partial charge in [0.15, 0.2) is 11.5 Å². The van der Waals surface area contributed by atoms with Crippen LogP contribution in [-0.4, -0.2) is 19.8 Å². The first kappa shape index (κ1) is 14.8. The lowest BCUT2D eigenvalue weighted by Gasteiger charge is -2.14. The molecular formula is C15H25NO2. The molecule has 18 heavy (non-hydrogen) atoms. The lowest BCUT2D eigenvalue weighted by Crippen LogP contribution is -2.06. The first-order valence-electron chi connectivity index (χ1n) is 6.76. The average Bonchev–Trinajstić information content (AvgIpc) is 2.35. The summed E-state index contributed by atoms with van der Waals surface area (Å²) in [6.07, 6.45) is 1.98. The minimum Gasteiger partial charge on any atom is -0.490 e. The molecule has 0 radical (unpaired) electrons. The van der Waals surface area contributed by atoms with Gasteiger partial charge in [0, 0.05) is 0 Å². The maximum atomic E-state index is 5.76. The second-order valence-corrected chi connectivity index (χ2v) is 4.81. The van der Waals surface area contributed by atoms with Gasteiger partial charge in [-0.3, -0.25) is 0 Å². The molecule has 0 fully saturated rings. The quantitative estimate of drug-likeness (QED) is 0.772. The predicted molar refractivity (Wildman–Crippen MR) is 75.3 cm³/mol. The third-order valence-corrected chi connectivity index (χ3v) is 2.55. The number of benzene rings is 1. The van der Waals surface area contributed by atoms with Gasteiger partial charge in [-0.25, -0.2) is 0 Å². The normalized spacial score (nSPS) is 10.7. The summed E-state index contributed by atoms with van der Waals surface area (Å²) in [5.74, 6) is 2.19. The Balaban J connectivity index is 2.75. The monoisotopic (exact) mass is 251 g/mol. The van der Waals surface area contributed by atoms with Crippen molar-refractivity contribution in [2.75, 3.05) is 19.8 Å². The van der Waals surface area contributed by atoms with Crippen molar-refractivity contribution in [3.05, 3.63) is 23.8 Å². The van der Waals surface area contributed by atoms with E-state index in [0.29, 0.717) is 19.1 Å². The van der Waals surface area contributed by atoms with Crippen LogP contribution in [0.3, 0.4) is 0 Å². The number of aryl methyl sites for hydroxylation is 1. The van der Waals surface area contributed by atoms with Gasteiger partial charge in [0.1, 0.15) is 0 Å². The fourth-order valence-electron chi connectivity index (χ4n) is 1.66. The van der Waals surface area contributed by atoms with E-state index in [1.54, 1.807) is 0 Å². The lowest BCUT2D eigenvalue weighted by atomic mass is 10.1. The van der Waals surface area contributed by atoms with Crippen molar-refractivity contribution < 1.29 is 9.47 Å². The molecule has 3 nitrogen and oxygen atoms in total. The van der Waals surface area contributed by atoms with E-state index in [1.165, 1.54) is 5.56 Å². The minimum atomic E-state index is 0.511. The van der Waals surface area contributed by atoms with Crippen molar-refractivity contribution in [1.82, 2.24) is 0 Å². The van der Waals surface area contributed by atoms with E-state index in [2.05, 4.69) is 26.0 Å². The Labute approximate surface area is 110 Å². The summed E-state index contributed by atoms with van der Waals surface area (Å²) in [6, 6.07) is 6.15. The van der Waals surface area contributed by atoms with Crippen LogP contribution in [0.15, 0.2) is 18.2 Å². The number of ether oxygens (including phenoxy) is 2. The van der Waals surface area contributed by atoms with Crippen LogP contribution in [0.4, 0.5) is 0 Å². The molecule has 0 bridgehead atoms. The van der Waals surface area contributed by atoms with Gasteiger partial charge in [0.05, 0.1) is 13.2 Å². The van der Waals surface area contributed by atoms with E-state index < -0.39 is 0 Å². The van der Waals surface area contributed by atoms with Crippen molar-refractivity contribution in [1.29, 1.82) is 0 Å². The van der Waals surface area contributed by atoms with Gasteiger partial charge in [0.2, 0.25) is 0 Å². The van der Waals surface area contributed by atoms with Crippen LogP contribution in [0.1, 0.15) is 32.8 Å². The Morgan fingerprint density at radius 3 is 2.56 bits per heavy atom. The smallest absolute Gasteiger partial charge is 0.161 e. The number of hydrogen-bond donors (Lipinski definition) is 1. The summed E-state index contributed by atoms with van der Waals surface area (Å²) in [7, 11) is 0. The predicted octanol–water partition coefficient (Wildman–Crippen LogP) is 3.01. The zero-order valence-corrected chi connectivity index (χ0v) is 11.7. The Kier molecular flexibility index (Phi) is 6.58. The molecule has 0 saturated heterocycles. The van der Waals surface area contributed by atoms with Crippen LogP contribution in [0.5, 0.6) is 11.5 Å². The molecule has 0 unspecified atom stereocenters. The van der Waals surface area contributed by atoms with Gasteiger partial charge in [0.25, 0.3) is 0 Å². The molecule has 0 atom stereocenters. The fourth-order valence-corrected chi connectivity index (χ4v) is 1.66. The van der Waals surface area contributed by atoms with Crippen molar-refractivity contribution in [2.24, 2.45) is 11.7 Å². The SMILES string of the molecule is CCOc1cc(CCCN)ccc1OCC(C)C. The molecule has 0 saturated carbocycles. The van der Waals surface area contributed by atoms with Gasteiger partial charge in [-0.05, 0) is 49.9 Å². The highest BCUT2D eigenvalue weighted by Crippen LogP contribution is 2.29. The van der Waals surface area contributed by atoms with Crippen molar-refractivity contribution in [3.8, 4) is 11.5 Å². The minimum absolute atomic E-state index is 0.511. The van der Waals surface area contributed by atoms with Crippen molar-refractivity contribution >= 4 is 0 Å². The van der Waals surface area contributed by atoms with Crippen LogP contribution in [-0.2, 0) is 6.42 Å². The molecule has 1 rings (SSSR count). The van der Waals surface area contributed by atoms with E-state index in [9.17, 15) is 0 Å². The summed E-state index contributed by atoms with van der Waals surface area (Å²) in [5.41, 5.74) is 6.78. The van der Waals surface area contributed by atoms with E-state index >= 15 is 0 Å². The van der Waals surface area contributed by atoms with E-state index in [1.807, 2.05) is 13.0 Å². The first-order chi connectivity index (χ1) is 8.67. The summed E-state index contributed by atoms with van der Waals surface area (Å²) in [4.78, 5) is 0. The molecule has 0 aliphatic heterocycles. The standard InChI is InChI=1S/C15H25NO2/c1-4-17-15-10-13(6-5-9-16)7-8-14(15)18-11-12(2)3/h7-8,10,12H,4-6,9,11,16H2,1-3H3. The second kappa shape index (κ2) is 7.98. The molecule has 102 valence electrons. The van der Waals surface area contributed by atoms with Gasteiger partial charge in [-0.2, -0.15) is 0 Å². The van der Waals surface area contributed by atoms with E-state index in [-0.39, 0.29) is 0 Å². The third-order valence-electron chi connectivity index (χ3n) is 2.55. The third kappa shape index (κ3) is 4.96. The molecule has 1 aromatic rings. The van der Waals surface area contributed by atoms with Gasteiger partial charge < -0.3 is 15.2 Å². The van der Waals surface area contributed by atoms with Crippen LogP contribution < -0.4 is 15.2 Å². The van der Waals surface area contributed by atoms with Crippen molar-refractivity contribution in [2.45, 2.75) is 33.6 Å². The Morgan fingerprint density at radius 2 is 1.94 bits per heavy atom. The van der Waals surface area contributed by atoms with Crippen LogP contribution in [0, 0.1) is 5.92 Å². The molecule has 1 aromatic carbocycles. The molecule has 0 spiro atoms. The van der Waals surface area contributed by atoms with Gasteiger partial charge in [-0.1, -0.05) is 19.9 Å². The van der Waals surface area contributed by atoms with Crippen LogP contribution in [0.25, 0.3) is 0 Å². The van der Waals surface area contributed by atoms with E-state index in [0.717, 1.165) is 30.9 Å². The molecule has 0 aromatic heterocycles. The summed E-state index contributed by atoms with van der Waals surface area (Å²) in [5, 5.41) is 0. The molecule has 0 heterocycles. The highest BCUT2D eigenvalue weighted by Gasteiger charge is 2.07. The first-order valence-corrected chi connectivity index (χ1v) is 6.76. The number of hydrogen-bond acceptors (Lipinski definition) is 3. The Bertz CT molecular complexity index is 350. The highest BCUT2D eigenvalue weighted by atomic mass is 16.5. The lowest BCUT2D eigenvalue weighted by molar-refractivity contribution is 0.248. The molecule has 3 heteroatoms. The Hall–Kier alpha value is -1.22. The highest BCUT2D eigenvalue weighted by molar-refractivity contribution is 5.43. The molecule has 0 aliphatic carbocycles. The maximum Gasteiger partial charge on any atom is 0.161 e. The number of nitrogens with two attached hydrogens (primary N) is 1. The second-order valence-electron chi connectivity index (χ2n) is 4.81. The summed E-state index contributed by atoms with van der Waals surface area (Å²) < 4.78 is 11.4. The maximum absolute atomic E-state index is 5.76. The molecule has 0 aliphatic rings. The zero-order chi connectivity index (χ0) is 13.4. The largest absolute Gasteiger partial charge is 0.490 e. The van der Waals surface area contributed by atoms with Crippen LogP contribution >= 0.6 is 0 Å². The van der Waals surface area contributed by atoms with Gasteiger partial charge in [-0.15, -0.1) is 0 Å². The van der Waals surface area contributed by atoms with Crippen molar-refractivity contribution in [3.63, 3.8) is 0 Å². The molecule has 2 N–H and O–H groups in total. The molecular weight excluding hydrogens is 226 g/mol. The van der Waals surface area contributed by atoms with E-state index in [4.69, 9.17) is 15.2 Å². The number of rotatable bonds is 8. The fraction of sp³-hybridized carbons (Fsp3) is 0.600. The topological polar surface area (TPSA) is 44.5 Å². The summed E-state index contributed by atoms with van der Waals surface area (Å²) >= 11 is 0. The Morgan fingerprint density at radius 1 is 1.17 bits per heavy atom. The van der Waals surface area contributed by atoms with Gasteiger partial charge >= 0.3 is 0 Å². The molecule has 0 amide bonds. The average molecular weight is 251 g/mol. The van der Waals surface area contributed by atoms with Crippen LogP contribution in [0.2, 0.25) is 0 Å². The summed E-state index contributed by atoms with van der Waals surface area (Å²) in [6.45, 7) is 8.33. The zero-order valence-electron chi connectivity index (χ0n) is 11.7.